The average molecular weight is 400 g/mol. The molecule has 150 valence electrons. The lowest BCUT2D eigenvalue weighted by molar-refractivity contribution is -0.154. The number of amides is 3. The number of sulfonamides is 1. The van der Waals surface area contributed by atoms with Gasteiger partial charge in [-0.2, -0.15) is 0 Å². The van der Waals surface area contributed by atoms with Gasteiger partial charge in [-0.05, 0) is 39.8 Å². The summed E-state index contributed by atoms with van der Waals surface area (Å²) in [5.41, 5.74) is -0.532. The number of urea groups is 1. The van der Waals surface area contributed by atoms with E-state index in [1.165, 1.54) is 31.5 Å². The maximum atomic E-state index is 12.0. The number of ether oxygens (including phenoxy) is 1. The van der Waals surface area contributed by atoms with Gasteiger partial charge < -0.3 is 10.1 Å². The van der Waals surface area contributed by atoms with Crippen LogP contribution in [0.5, 0.6) is 0 Å². The first kappa shape index (κ1) is 22.5. The van der Waals surface area contributed by atoms with Crippen molar-refractivity contribution in [2.24, 2.45) is 0 Å². The van der Waals surface area contributed by atoms with Crippen LogP contribution >= 0.6 is 0 Å². The molecular formula is C16H24N4O6S. The monoisotopic (exact) mass is 400 g/mol. The number of nitrogens with zero attached hydrogens (tertiary/aromatic N) is 1. The molecule has 1 heterocycles. The van der Waals surface area contributed by atoms with Crippen LogP contribution in [0.15, 0.2) is 29.4 Å². The van der Waals surface area contributed by atoms with E-state index in [1.807, 2.05) is 0 Å². The van der Waals surface area contributed by atoms with Gasteiger partial charge in [0.25, 0.3) is 5.91 Å². The molecule has 0 saturated carbocycles. The largest absolute Gasteiger partial charge is 0.452 e. The molecule has 10 nitrogen and oxygen atoms in total. The van der Waals surface area contributed by atoms with E-state index in [0.29, 0.717) is 0 Å². The van der Waals surface area contributed by atoms with E-state index in [2.05, 4.69) is 20.3 Å². The van der Waals surface area contributed by atoms with Crippen molar-refractivity contribution >= 4 is 27.9 Å². The first-order chi connectivity index (χ1) is 12.4. The predicted molar refractivity (Wildman–Crippen MR) is 96.0 cm³/mol. The van der Waals surface area contributed by atoms with E-state index < -0.39 is 39.6 Å². The number of esters is 1. The van der Waals surface area contributed by atoms with Crippen LogP contribution in [0.4, 0.5) is 4.79 Å². The van der Waals surface area contributed by atoms with Crippen LogP contribution in [0.1, 0.15) is 34.1 Å². The van der Waals surface area contributed by atoms with E-state index in [9.17, 15) is 22.8 Å². The van der Waals surface area contributed by atoms with Gasteiger partial charge in [-0.1, -0.05) is 0 Å². The number of rotatable bonds is 7. The molecule has 1 aromatic heterocycles. The minimum Gasteiger partial charge on any atom is -0.452 e. The van der Waals surface area contributed by atoms with E-state index >= 15 is 0 Å². The number of hydrogen-bond acceptors (Lipinski definition) is 7. The Bertz CT molecular complexity index is 774. The average Bonchev–Trinajstić information content (AvgIpc) is 2.53. The minimum absolute atomic E-state index is 0.0315. The van der Waals surface area contributed by atoms with Crippen LogP contribution in [-0.2, 0) is 24.3 Å². The second-order valence-electron chi connectivity index (χ2n) is 6.66. The zero-order chi connectivity index (χ0) is 20.7. The molecular weight excluding hydrogens is 376 g/mol. The summed E-state index contributed by atoms with van der Waals surface area (Å²) >= 11 is 0. The summed E-state index contributed by atoms with van der Waals surface area (Å²) in [5, 5.41) is 4.59. The van der Waals surface area contributed by atoms with Gasteiger partial charge in [-0.15, -0.1) is 0 Å². The molecule has 0 aliphatic rings. The second-order valence-corrected chi connectivity index (χ2v) is 8.43. The van der Waals surface area contributed by atoms with Gasteiger partial charge in [0.2, 0.25) is 10.0 Å². The number of imide groups is 1. The highest BCUT2D eigenvalue weighted by Gasteiger charge is 2.22. The van der Waals surface area contributed by atoms with E-state index in [1.54, 1.807) is 20.8 Å². The molecule has 0 bridgehead atoms. The van der Waals surface area contributed by atoms with Crippen molar-refractivity contribution in [3.05, 3.63) is 24.5 Å². The Balaban J connectivity index is 2.41. The van der Waals surface area contributed by atoms with Crippen molar-refractivity contribution in [1.29, 1.82) is 0 Å². The zero-order valence-corrected chi connectivity index (χ0v) is 16.4. The van der Waals surface area contributed by atoms with Crippen molar-refractivity contribution in [3.8, 4) is 0 Å². The highest BCUT2D eigenvalue weighted by Crippen LogP contribution is 2.05. The van der Waals surface area contributed by atoms with E-state index in [4.69, 9.17) is 4.74 Å². The summed E-state index contributed by atoms with van der Waals surface area (Å²) in [4.78, 5) is 38.9. The Hall–Kier alpha value is -2.53. The first-order valence-corrected chi connectivity index (χ1v) is 9.61. The molecule has 1 unspecified atom stereocenters. The van der Waals surface area contributed by atoms with Gasteiger partial charge in [0.15, 0.2) is 6.10 Å². The molecule has 0 aliphatic heterocycles. The number of carbonyl (C=O) groups excluding carboxylic acids is 3. The predicted octanol–water partition coefficient (Wildman–Crippen LogP) is 0.306. The third-order valence-electron chi connectivity index (χ3n) is 2.97. The molecule has 3 N–H and O–H groups in total. The molecule has 3 amide bonds. The van der Waals surface area contributed by atoms with Crippen molar-refractivity contribution in [3.63, 3.8) is 0 Å². The van der Waals surface area contributed by atoms with Crippen molar-refractivity contribution in [2.75, 3.05) is 6.54 Å². The smallest absolute Gasteiger partial charge is 0.321 e. The molecule has 11 heteroatoms. The fraction of sp³-hybridized carbons (Fsp3) is 0.500. The molecule has 1 rings (SSSR count). The Morgan fingerprint density at radius 1 is 1.26 bits per heavy atom. The topological polar surface area (TPSA) is 144 Å². The van der Waals surface area contributed by atoms with Gasteiger partial charge in [0, 0.05) is 24.5 Å². The third-order valence-corrected chi connectivity index (χ3v) is 4.41. The van der Waals surface area contributed by atoms with Crippen LogP contribution < -0.4 is 15.4 Å². The molecule has 27 heavy (non-hydrogen) atoms. The number of hydrogen-bond donors (Lipinski definition) is 3. The van der Waals surface area contributed by atoms with Gasteiger partial charge in [-0.25, -0.2) is 17.9 Å². The summed E-state index contributed by atoms with van der Waals surface area (Å²) in [6.07, 6.45) is 1.11. The van der Waals surface area contributed by atoms with Gasteiger partial charge in [0.05, 0.1) is 6.42 Å². The van der Waals surface area contributed by atoms with Crippen LogP contribution in [0.2, 0.25) is 0 Å². The van der Waals surface area contributed by atoms with Gasteiger partial charge in [-0.3, -0.25) is 19.9 Å². The quantitative estimate of drug-likeness (QED) is 0.559. The van der Waals surface area contributed by atoms with Crippen LogP contribution in [0, 0.1) is 0 Å². The molecule has 0 fully saturated rings. The second kappa shape index (κ2) is 9.42. The lowest BCUT2D eigenvalue weighted by Crippen LogP contribution is -2.50. The standard InChI is InChI=1S/C16H24N4O6S/c1-11(14(22)19-15(23)20-16(2,3)4)26-13(21)7-9-18-27(24,25)12-6-5-8-17-10-12/h5-6,8,10-11,18H,7,9H2,1-4H3,(H2,19,20,22,23). The normalized spacial score (nSPS) is 12.7. The summed E-state index contributed by atoms with van der Waals surface area (Å²) in [7, 11) is -3.79. The van der Waals surface area contributed by atoms with Gasteiger partial charge in [0.1, 0.15) is 4.90 Å². The molecule has 0 saturated heterocycles. The SMILES string of the molecule is CC(OC(=O)CCNS(=O)(=O)c1cccnc1)C(=O)NC(=O)NC(C)(C)C. The van der Waals surface area contributed by atoms with Crippen molar-refractivity contribution in [1.82, 2.24) is 20.3 Å². The van der Waals surface area contributed by atoms with Crippen LogP contribution in [0.25, 0.3) is 0 Å². The Morgan fingerprint density at radius 3 is 2.48 bits per heavy atom. The molecule has 0 radical (unpaired) electrons. The summed E-state index contributed by atoms with van der Waals surface area (Å²) in [5.74, 6) is -1.58. The van der Waals surface area contributed by atoms with Crippen molar-refractivity contribution in [2.45, 2.75) is 50.7 Å². The summed E-state index contributed by atoms with van der Waals surface area (Å²) < 4.78 is 31.1. The number of nitrogens with one attached hydrogen (secondary N) is 3. The fourth-order valence-corrected chi connectivity index (χ4v) is 2.77. The third kappa shape index (κ3) is 8.60. The molecule has 0 aromatic carbocycles. The van der Waals surface area contributed by atoms with Crippen molar-refractivity contribution < 1.29 is 27.5 Å². The lowest BCUT2D eigenvalue weighted by atomic mass is 10.1. The summed E-state index contributed by atoms with van der Waals surface area (Å²) in [6, 6.07) is 2.13. The Morgan fingerprint density at radius 2 is 1.93 bits per heavy atom. The number of pyridine rings is 1. The zero-order valence-electron chi connectivity index (χ0n) is 15.6. The molecule has 0 spiro atoms. The fourth-order valence-electron chi connectivity index (χ4n) is 1.77. The highest BCUT2D eigenvalue weighted by molar-refractivity contribution is 7.89. The molecule has 1 atom stereocenters. The summed E-state index contributed by atoms with van der Waals surface area (Å²) in [6.45, 7) is 6.32. The number of carbonyl (C=O) groups is 3. The Kier molecular flexibility index (Phi) is 7.85. The first-order valence-electron chi connectivity index (χ1n) is 8.13. The Labute approximate surface area is 158 Å². The lowest BCUT2D eigenvalue weighted by Gasteiger charge is -2.21. The molecule has 0 aliphatic carbocycles. The molecule has 1 aromatic rings. The van der Waals surface area contributed by atoms with Gasteiger partial charge >= 0.3 is 12.0 Å². The maximum absolute atomic E-state index is 12.0. The van der Waals surface area contributed by atoms with E-state index in [0.717, 1.165) is 0 Å². The number of aromatic nitrogens is 1. The minimum atomic E-state index is -3.79. The van der Waals surface area contributed by atoms with E-state index in [-0.39, 0.29) is 17.9 Å². The van der Waals surface area contributed by atoms with Crippen LogP contribution in [0.3, 0.4) is 0 Å². The highest BCUT2D eigenvalue weighted by atomic mass is 32.2. The van der Waals surface area contributed by atoms with Crippen LogP contribution in [-0.4, -0.2) is 49.5 Å². The maximum Gasteiger partial charge on any atom is 0.321 e.